The van der Waals surface area contributed by atoms with Gasteiger partial charge in [0, 0.05) is 5.56 Å². The van der Waals surface area contributed by atoms with E-state index in [2.05, 4.69) is 4.98 Å². The molecule has 24 heavy (non-hydrogen) atoms. The predicted octanol–water partition coefficient (Wildman–Crippen LogP) is 2.97. The minimum absolute atomic E-state index is 0.0142. The van der Waals surface area contributed by atoms with Gasteiger partial charge in [-0.1, -0.05) is 0 Å². The fourth-order valence-electron chi connectivity index (χ4n) is 3.04. The summed E-state index contributed by atoms with van der Waals surface area (Å²) in [5.41, 5.74) is 1.30. The van der Waals surface area contributed by atoms with Gasteiger partial charge in [0.05, 0.1) is 37.4 Å². The van der Waals surface area contributed by atoms with Crippen molar-refractivity contribution in [1.82, 2.24) is 9.88 Å². The number of aryl methyl sites for hydroxylation is 1. The van der Waals surface area contributed by atoms with Crippen LogP contribution in [0.4, 0.5) is 4.39 Å². The average molecular weight is 332 g/mol. The highest BCUT2D eigenvalue weighted by molar-refractivity contribution is 5.79. The second-order valence-electron chi connectivity index (χ2n) is 6.24. The molecule has 0 bridgehead atoms. The van der Waals surface area contributed by atoms with Gasteiger partial charge in [0.25, 0.3) is 0 Å². The maximum absolute atomic E-state index is 13.0. The monoisotopic (exact) mass is 332 g/mol. The summed E-state index contributed by atoms with van der Waals surface area (Å²) in [5, 5.41) is 0. The second-order valence-corrected chi connectivity index (χ2v) is 6.24. The molecule has 0 spiro atoms. The van der Waals surface area contributed by atoms with Gasteiger partial charge in [-0.15, -0.1) is 0 Å². The molecule has 1 aromatic carbocycles. The van der Waals surface area contributed by atoms with Crippen LogP contribution in [0.1, 0.15) is 25.3 Å². The average Bonchev–Trinajstić information content (AvgIpc) is 2.89. The Kier molecular flexibility index (Phi) is 4.66. The Balaban J connectivity index is 1.78. The quantitative estimate of drug-likeness (QED) is 0.867. The van der Waals surface area contributed by atoms with Crippen LogP contribution in [0.5, 0.6) is 0 Å². The minimum Gasteiger partial charge on any atom is -0.441 e. The van der Waals surface area contributed by atoms with Crippen molar-refractivity contribution in [3.63, 3.8) is 0 Å². The Morgan fingerprint density at radius 2 is 1.88 bits per heavy atom. The highest BCUT2D eigenvalue weighted by Crippen LogP contribution is 2.23. The normalized spacial score (nSPS) is 21.1. The van der Waals surface area contributed by atoms with Gasteiger partial charge in [0.2, 0.25) is 11.8 Å². The largest absolute Gasteiger partial charge is 0.441 e. The molecule has 2 atom stereocenters. The lowest BCUT2D eigenvalue weighted by Crippen LogP contribution is -2.53. The topological polar surface area (TPSA) is 55.6 Å². The minimum atomic E-state index is -0.312. The summed E-state index contributed by atoms with van der Waals surface area (Å²) in [6.07, 6.45) is 0.186. The molecular weight excluding hydrogens is 311 g/mol. The molecule has 1 fully saturated rings. The van der Waals surface area contributed by atoms with Crippen molar-refractivity contribution < 1.29 is 18.3 Å². The van der Waals surface area contributed by atoms with Crippen LogP contribution in [0.2, 0.25) is 0 Å². The number of morpholine rings is 1. The molecule has 5 nitrogen and oxygen atoms in total. The number of carbonyl (C=O) groups is 1. The van der Waals surface area contributed by atoms with Crippen LogP contribution < -0.4 is 0 Å². The Morgan fingerprint density at radius 3 is 2.50 bits per heavy atom. The lowest BCUT2D eigenvalue weighted by atomic mass is 10.1. The third kappa shape index (κ3) is 3.33. The Labute approximate surface area is 140 Å². The summed E-state index contributed by atoms with van der Waals surface area (Å²) in [4.78, 5) is 19.0. The smallest absolute Gasteiger partial charge is 0.229 e. The van der Waals surface area contributed by atoms with E-state index in [1.54, 1.807) is 19.1 Å². The second kappa shape index (κ2) is 6.73. The zero-order chi connectivity index (χ0) is 17.3. The van der Waals surface area contributed by atoms with Gasteiger partial charge in [-0.3, -0.25) is 4.79 Å². The maximum atomic E-state index is 13.0. The Morgan fingerprint density at radius 1 is 1.25 bits per heavy atom. The number of hydrogen-bond acceptors (Lipinski definition) is 4. The first-order valence-electron chi connectivity index (χ1n) is 8.07. The summed E-state index contributed by atoms with van der Waals surface area (Å²) in [7, 11) is 0. The van der Waals surface area contributed by atoms with Crippen LogP contribution in [-0.2, 0) is 16.0 Å². The van der Waals surface area contributed by atoms with E-state index in [0.29, 0.717) is 36.1 Å². The molecule has 2 heterocycles. The fraction of sp³-hybridized carbons (Fsp3) is 0.444. The number of ether oxygens (including phenoxy) is 1. The van der Waals surface area contributed by atoms with E-state index in [0.717, 1.165) is 0 Å². The molecule has 6 heteroatoms. The van der Waals surface area contributed by atoms with E-state index < -0.39 is 0 Å². The molecule has 2 aromatic rings. The van der Waals surface area contributed by atoms with Gasteiger partial charge in [-0.2, -0.15) is 0 Å². The van der Waals surface area contributed by atoms with Crippen molar-refractivity contribution in [1.29, 1.82) is 0 Å². The predicted molar refractivity (Wildman–Crippen MR) is 86.9 cm³/mol. The molecule has 1 aliphatic heterocycles. The van der Waals surface area contributed by atoms with E-state index in [1.807, 2.05) is 18.7 Å². The van der Waals surface area contributed by atoms with E-state index in [9.17, 15) is 9.18 Å². The van der Waals surface area contributed by atoms with Gasteiger partial charge in [0.1, 0.15) is 11.6 Å². The number of nitrogens with zero attached hydrogens (tertiary/aromatic N) is 2. The molecule has 0 saturated carbocycles. The van der Waals surface area contributed by atoms with Crippen molar-refractivity contribution >= 4 is 5.91 Å². The highest BCUT2D eigenvalue weighted by atomic mass is 19.1. The summed E-state index contributed by atoms with van der Waals surface area (Å²) >= 11 is 0. The number of oxazole rings is 1. The fourth-order valence-corrected chi connectivity index (χ4v) is 3.04. The van der Waals surface area contributed by atoms with Gasteiger partial charge in [-0.05, 0) is 45.0 Å². The first-order valence-corrected chi connectivity index (χ1v) is 8.07. The highest BCUT2D eigenvalue weighted by Gasteiger charge is 2.30. The van der Waals surface area contributed by atoms with Crippen molar-refractivity contribution in [3.05, 3.63) is 41.5 Å². The third-order valence-corrected chi connectivity index (χ3v) is 4.26. The van der Waals surface area contributed by atoms with Crippen LogP contribution in [0.25, 0.3) is 11.5 Å². The number of amides is 1. The zero-order valence-corrected chi connectivity index (χ0v) is 14.1. The summed E-state index contributed by atoms with van der Waals surface area (Å²) in [6, 6.07) is 6.03. The van der Waals surface area contributed by atoms with Gasteiger partial charge in [-0.25, -0.2) is 9.37 Å². The molecule has 1 aromatic heterocycles. The lowest BCUT2D eigenvalue weighted by Gasteiger charge is -2.38. The van der Waals surface area contributed by atoms with Crippen LogP contribution >= 0.6 is 0 Å². The van der Waals surface area contributed by atoms with Gasteiger partial charge < -0.3 is 14.1 Å². The first-order chi connectivity index (χ1) is 11.5. The van der Waals surface area contributed by atoms with E-state index in [4.69, 9.17) is 9.15 Å². The number of halogens is 1. The first kappa shape index (κ1) is 16.6. The Hall–Kier alpha value is -2.21. The summed E-state index contributed by atoms with van der Waals surface area (Å²) < 4.78 is 24.1. The van der Waals surface area contributed by atoms with Crippen molar-refractivity contribution in [2.75, 3.05) is 13.2 Å². The third-order valence-electron chi connectivity index (χ3n) is 4.26. The number of carbonyl (C=O) groups excluding carboxylic acids is 1. The SMILES string of the molecule is Cc1oc(-c2ccc(F)cc2)nc1CC(=O)N1C(C)COCC1C. The molecule has 128 valence electrons. The van der Waals surface area contributed by atoms with E-state index in [-0.39, 0.29) is 30.2 Å². The van der Waals surface area contributed by atoms with Crippen molar-refractivity contribution in [3.8, 4) is 11.5 Å². The molecule has 0 radical (unpaired) electrons. The number of aromatic nitrogens is 1. The van der Waals surface area contributed by atoms with Crippen molar-refractivity contribution in [2.24, 2.45) is 0 Å². The van der Waals surface area contributed by atoms with Crippen LogP contribution in [0.15, 0.2) is 28.7 Å². The van der Waals surface area contributed by atoms with Crippen molar-refractivity contribution in [2.45, 2.75) is 39.3 Å². The number of hydrogen-bond donors (Lipinski definition) is 0. The van der Waals surface area contributed by atoms with Crippen LogP contribution in [-0.4, -0.2) is 41.1 Å². The molecule has 3 rings (SSSR count). The summed E-state index contributed by atoms with van der Waals surface area (Å²) in [6.45, 7) is 6.85. The number of rotatable bonds is 3. The molecule has 0 aliphatic carbocycles. The molecule has 0 N–H and O–H groups in total. The zero-order valence-electron chi connectivity index (χ0n) is 14.1. The Bertz CT molecular complexity index is 716. The maximum Gasteiger partial charge on any atom is 0.229 e. The molecule has 1 saturated heterocycles. The molecular formula is C18H21FN2O3. The molecule has 1 aliphatic rings. The van der Waals surface area contributed by atoms with Crippen LogP contribution in [0.3, 0.4) is 0 Å². The van der Waals surface area contributed by atoms with E-state index >= 15 is 0 Å². The summed E-state index contributed by atoms with van der Waals surface area (Å²) in [5.74, 6) is 0.711. The number of benzene rings is 1. The molecule has 2 unspecified atom stereocenters. The van der Waals surface area contributed by atoms with E-state index in [1.165, 1.54) is 12.1 Å². The van der Waals surface area contributed by atoms with Crippen LogP contribution in [0, 0.1) is 12.7 Å². The lowest BCUT2D eigenvalue weighted by molar-refractivity contribution is -0.143. The molecule has 1 amide bonds. The van der Waals surface area contributed by atoms with Gasteiger partial charge >= 0.3 is 0 Å². The standard InChI is InChI=1S/C18H21FN2O3/c1-11-9-23-10-12(2)21(11)17(22)8-16-13(3)24-18(20-16)14-4-6-15(19)7-5-14/h4-7,11-12H,8-10H2,1-3H3. The van der Waals surface area contributed by atoms with Gasteiger partial charge in [0.15, 0.2) is 0 Å².